The van der Waals surface area contributed by atoms with Crippen LogP contribution in [0.5, 0.6) is 0 Å². The molecule has 0 saturated heterocycles. The lowest BCUT2D eigenvalue weighted by atomic mass is 10.2. The van der Waals surface area contributed by atoms with Crippen LogP contribution in [0.3, 0.4) is 0 Å². The third-order valence-corrected chi connectivity index (χ3v) is 4.04. The molecule has 108 valence electrons. The maximum Gasteiger partial charge on any atom is 0.135 e. The Labute approximate surface area is 120 Å². The first kappa shape index (κ1) is 13.7. The monoisotopic (exact) mass is 273 g/mol. The number of fused-ring (bicyclic) bond motifs is 1. The number of furan rings is 1. The Bertz CT molecular complexity index is 526. The summed E-state index contributed by atoms with van der Waals surface area (Å²) < 4.78 is 5.76. The van der Waals surface area contributed by atoms with Gasteiger partial charge in [0.05, 0.1) is 0 Å². The van der Waals surface area contributed by atoms with E-state index in [1.807, 2.05) is 30.3 Å². The van der Waals surface area contributed by atoms with Gasteiger partial charge in [-0.15, -0.1) is 0 Å². The average molecular weight is 273 g/mol. The van der Waals surface area contributed by atoms with Crippen molar-refractivity contribution in [1.29, 1.82) is 0 Å². The lowest BCUT2D eigenvalue weighted by Crippen LogP contribution is -2.31. The van der Waals surface area contributed by atoms with Crippen LogP contribution in [-0.4, -0.2) is 29.1 Å². The van der Waals surface area contributed by atoms with Crippen molar-refractivity contribution in [3.63, 3.8) is 0 Å². The van der Waals surface area contributed by atoms with Crippen LogP contribution < -0.4 is 0 Å². The van der Waals surface area contributed by atoms with Crippen LogP contribution in [0.25, 0.3) is 11.0 Å². The van der Waals surface area contributed by atoms with Crippen molar-refractivity contribution < 1.29 is 9.52 Å². The summed E-state index contributed by atoms with van der Waals surface area (Å²) in [7, 11) is 0. The molecule has 3 rings (SSSR count). The number of hydrogen-bond donors (Lipinski definition) is 1. The number of rotatable bonds is 7. The molecule has 0 bridgehead atoms. The molecule has 0 spiro atoms. The average Bonchev–Trinajstić information content (AvgIpc) is 3.21. The Kier molecular flexibility index (Phi) is 4.08. The molecular formula is C17H23NO2. The van der Waals surface area contributed by atoms with Crippen molar-refractivity contribution in [2.75, 3.05) is 13.1 Å². The van der Waals surface area contributed by atoms with Gasteiger partial charge in [-0.2, -0.15) is 0 Å². The fourth-order valence-corrected chi connectivity index (χ4v) is 2.70. The maximum atomic E-state index is 10.4. The molecule has 1 aliphatic carbocycles. The third-order valence-electron chi connectivity index (χ3n) is 4.04. The first-order chi connectivity index (χ1) is 9.78. The van der Waals surface area contributed by atoms with Crippen molar-refractivity contribution in [2.45, 2.75) is 44.8 Å². The zero-order valence-corrected chi connectivity index (χ0v) is 12.1. The van der Waals surface area contributed by atoms with E-state index in [9.17, 15) is 5.11 Å². The van der Waals surface area contributed by atoms with Crippen LogP contribution in [-0.2, 0) is 0 Å². The predicted molar refractivity (Wildman–Crippen MR) is 80.7 cm³/mol. The van der Waals surface area contributed by atoms with Gasteiger partial charge in [-0.1, -0.05) is 31.5 Å². The lowest BCUT2D eigenvalue weighted by molar-refractivity contribution is 0.0912. The highest BCUT2D eigenvalue weighted by molar-refractivity contribution is 5.77. The summed E-state index contributed by atoms with van der Waals surface area (Å²) in [5.74, 6) is 0.688. The number of aliphatic hydroxyl groups is 1. The second-order valence-corrected chi connectivity index (χ2v) is 5.78. The van der Waals surface area contributed by atoms with Gasteiger partial charge in [-0.3, -0.25) is 4.90 Å². The molecule has 1 unspecified atom stereocenters. The maximum absolute atomic E-state index is 10.4. The molecule has 0 radical (unpaired) electrons. The molecule has 3 nitrogen and oxygen atoms in total. The van der Waals surface area contributed by atoms with E-state index in [2.05, 4.69) is 11.8 Å². The van der Waals surface area contributed by atoms with Gasteiger partial charge in [0.1, 0.15) is 17.4 Å². The van der Waals surface area contributed by atoms with Crippen molar-refractivity contribution >= 4 is 11.0 Å². The van der Waals surface area contributed by atoms with Crippen LogP contribution in [0.15, 0.2) is 34.7 Å². The molecule has 1 fully saturated rings. The van der Waals surface area contributed by atoms with Crippen molar-refractivity contribution in [3.8, 4) is 0 Å². The molecule has 20 heavy (non-hydrogen) atoms. The van der Waals surface area contributed by atoms with Crippen LogP contribution in [0.2, 0.25) is 0 Å². The van der Waals surface area contributed by atoms with Gasteiger partial charge in [0.15, 0.2) is 0 Å². The standard InChI is InChI=1S/C17H23NO2/c1-2-3-10-18(14-8-9-14)12-15(19)17-11-13-6-4-5-7-16(13)20-17/h4-7,11,14-15,19H,2-3,8-10,12H2,1H3. The quantitative estimate of drug-likeness (QED) is 0.835. The van der Waals surface area contributed by atoms with E-state index >= 15 is 0 Å². The summed E-state index contributed by atoms with van der Waals surface area (Å²) in [6.45, 7) is 3.98. The summed E-state index contributed by atoms with van der Waals surface area (Å²) in [5, 5.41) is 11.5. The molecule has 1 aromatic heterocycles. The molecule has 0 amide bonds. The first-order valence-corrected chi connectivity index (χ1v) is 7.68. The van der Waals surface area contributed by atoms with E-state index in [4.69, 9.17) is 4.42 Å². The largest absolute Gasteiger partial charge is 0.458 e. The summed E-state index contributed by atoms with van der Waals surface area (Å²) in [6, 6.07) is 10.6. The van der Waals surface area contributed by atoms with E-state index in [1.165, 1.54) is 25.7 Å². The summed E-state index contributed by atoms with van der Waals surface area (Å²) in [6.07, 6.45) is 4.42. The Morgan fingerprint density at radius 3 is 2.85 bits per heavy atom. The first-order valence-electron chi connectivity index (χ1n) is 7.68. The fraction of sp³-hybridized carbons (Fsp3) is 0.529. The minimum absolute atomic E-state index is 0.528. The highest BCUT2D eigenvalue weighted by atomic mass is 16.4. The second kappa shape index (κ2) is 5.98. The number of hydrogen-bond acceptors (Lipinski definition) is 3. The Morgan fingerprint density at radius 1 is 1.35 bits per heavy atom. The van der Waals surface area contributed by atoms with Gasteiger partial charge < -0.3 is 9.52 Å². The molecular weight excluding hydrogens is 250 g/mol. The van der Waals surface area contributed by atoms with E-state index in [0.29, 0.717) is 18.3 Å². The number of nitrogens with zero attached hydrogens (tertiary/aromatic N) is 1. The predicted octanol–water partition coefficient (Wildman–Crippen LogP) is 3.73. The fourth-order valence-electron chi connectivity index (χ4n) is 2.70. The zero-order valence-electron chi connectivity index (χ0n) is 12.1. The molecule has 2 aromatic rings. The Balaban J connectivity index is 1.69. The van der Waals surface area contributed by atoms with Crippen LogP contribution in [0, 0.1) is 0 Å². The van der Waals surface area contributed by atoms with E-state index in [0.717, 1.165) is 17.5 Å². The molecule has 1 N–H and O–H groups in total. The minimum Gasteiger partial charge on any atom is -0.458 e. The summed E-state index contributed by atoms with van der Waals surface area (Å²) in [5.41, 5.74) is 0.855. The Hall–Kier alpha value is -1.32. The topological polar surface area (TPSA) is 36.6 Å². The summed E-state index contributed by atoms with van der Waals surface area (Å²) in [4.78, 5) is 2.42. The highest BCUT2D eigenvalue weighted by Gasteiger charge is 2.30. The van der Waals surface area contributed by atoms with E-state index < -0.39 is 6.10 Å². The number of aliphatic hydroxyl groups excluding tert-OH is 1. The molecule has 3 heteroatoms. The van der Waals surface area contributed by atoms with Gasteiger partial charge in [-0.05, 0) is 37.9 Å². The lowest BCUT2D eigenvalue weighted by Gasteiger charge is -2.23. The molecule has 1 aromatic carbocycles. The van der Waals surface area contributed by atoms with Crippen LogP contribution in [0.1, 0.15) is 44.5 Å². The molecule has 1 heterocycles. The van der Waals surface area contributed by atoms with E-state index in [-0.39, 0.29) is 0 Å². The smallest absolute Gasteiger partial charge is 0.135 e. The van der Waals surface area contributed by atoms with Gasteiger partial charge in [-0.25, -0.2) is 0 Å². The van der Waals surface area contributed by atoms with Crippen LogP contribution in [0.4, 0.5) is 0 Å². The highest BCUT2D eigenvalue weighted by Crippen LogP contribution is 2.30. The molecule has 1 saturated carbocycles. The van der Waals surface area contributed by atoms with Gasteiger partial charge in [0.2, 0.25) is 0 Å². The van der Waals surface area contributed by atoms with Crippen LogP contribution >= 0.6 is 0 Å². The minimum atomic E-state index is -0.528. The van der Waals surface area contributed by atoms with Crippen molar-refractivity contribution in [2.24, 2.45) is 0 Å². The SMILES string of the molecule is CCCCN(CC(O)c1cc2ccccc2o1)C1CC1. The Morgan fingerprint density at radius 2 is 2.15 bits per heavy atom. The van der Waals surface area contributed by atoms with Gasteiger partial charge in [0, 0.05) is 18.0 Å². The number of unbranched alkanes of at least 4 members (excludes halogenated alkanes) is 1. The normalized spacial score (nSPS) is 16.9. The number of para-hydroxylation sites is 1. The van der Waals surface area contributed by atoms with Crippen molar-refractivity contribution in [1.82, 2.24) is 4.90 Å². The number of benzene rings is 1. The molecule has 1 aliphatic rings. The molecule has 1 atom stereocenters. The third kappa shape index (κ3) is 3.05. The van der Waals surface area contributed by atoms with Crippen molar-refractivity contribution in [3.05, 3.63) is 36.1 Å². The van der Waals surface area contributed by atoms with E-state index in [1.54, 1.807) is 0 Å². The second-order valence-electron chi connectivity index (χ2n) is 5.78. The van der Waals surface area contributed by atoms with Gasteiger partial charge in [0.25, 0.3) is 0 Å². The summed E-state index contributed by atoms with van der Waals surface area (Å²) >= 11 is 0. The molecule has 0 aliphatic heterocycles. The zero-order chi connectivity index (χ0) is 13.9. The van der Waals surface area contributed by atoms with Gasteiger partial charge >= 0.3 is 0 Å².